The van der Waals surface area contributed by atoms with E-state index in [2.05, 4.69) is 26.7 Å². The summed E-state index contributed by atoms with van der Waals surface area (Å²) in [6.07, 6.45) is 7.72. The van der Waals surface area contributed by atoms with E-state index in [-0.39, 0.29) is 0 Å². The number of aromatic nitrogens is 2. The van der Waals surface area contributed by atoms with Crippen LogP contribution in [0.15, 0.2) is 36.5 Å². The minimum absolute atomic E-state index is 0.527. The highest BCUT2D eigenvalue weighted by Gasteiger charge is 2.15. The summed E-state index contributed by atoms with van der Waals surface area (Å²) in [7, 11) is 1.71. The Morgan fingerprint density at radius 3 is 2.83 bits per heavy atom. The van der Waals surface area contributed by atoms with Gasteiger partial charge in [-0.25, -0.2) is 4.98 Å². The molecule has 5 nitrogen and oxygen atoms in total. The van der Waals surface area contributed by atoms with Gasteiger partial charge in [0.05, 0.1) is 7.11 Å². The molecule has 2 N–H and O–H groups in total. The maximum absolute atomic E-state index is 5.38. The van der Waals surface area contributed by atoms with Gasteiger partial charge in [0.2, 0.25) is 5.95 Å². The molecule has 0 aliphatic heterocycles. The zero-order valence-electron chi connectivity index (χ0n) is 13.6. The van der Waals surface area contributed by atoms with Crippen LogP contribution in [0.3, 0.4) is 0 Å². The number of rotatable bonds is 7. The number of nitrogens with zero attached hydrogens (tertiary/aromatic N) is 2. The maximum Gasteiger partial charge on any atom is 0.224 e. The van der Waals surface area contributed by atoms with E-state index < -0.39 is 0 Å². The summed E-state index contributed by atoms with van der Waals surface area (Å²) < 4.78 is 5.38. The molecule has 1 heterocycles. The van der Waals surface area contributed by atoms with E-state index in [1.165, 1.54) is 31.2 Å². The minimum Gasteiger partial charge on any atom is -0.496 e. The highest BCUT2D eigenvalue weighted by atomic mass is 16.5. The van der Waals surface area contributed by atoms with Gasteiger partial charge in [0, 0.05) is 18.8 Å². The van der Waals surface area contributed by atoms with Crippen molar-refractivity contribution in [2.45, 2.75) is 38.1 Å². The van der Waals surface area contributed by atoms with Gasteiger partial charge >= 0.3 is 0 Å². The fourth-order valence-electron chi connectivity index (χ4n) is 3.01. The topological polar surface area (TPSA) is 59.1 Å². The summed E-state index contributed by atoms with van der Waals surface area (Å²) >= 11 is 0. The maximum atomic E-state index is 5.38. The Hall–Kier alpha value is -2.30. The molecule has 3 rings (SSSR count). The van der Waals surface area contributed by atoms with Crippen LogP contribution >= 0.6 is 0 Å². The van der Waals surface area contributed by atoms with Crippen LogP contribution in [0, 0.1) is 0 Å². The number of benzene rings is 1. The van der Waals surface area contributed by atoms with Crippen LogP contribution in [-0.2, 0) is 6.42 Å². The molecule has 1 aromatic heterocycles. The van der Waals surface area contributed by atoms with E-state index >= 15 is 0 Å². The van der Waals surface area contributed by atoms with Gasteiger partial charge in [0.15, 0.2) is 0 Å². The standard InChI is InChI=1S/C18H24N4O/c1-23-16-9-5-2-6-14(16)10-12-19-17-11-13-20-18(22-17)21-15-7-3-4-8-15/h2,5-6,9,11,13,15H,3-4,7-8,10,12H2,1H3,(H2,19,20,21,22). The van der Waals surface area contributed by atoms with Crippen molar-refractivity contribution < 1.29 is 4.74 Å². The molecule has 23 heavy (non-hydrogen) atoms. The van der Waals surface area contributed by atoms with Crippen molar-refractivity contribution in [2.24, 2.45) is 0 Å². The molecule has 0 spiro atoms. The summed E-state index contributed by atoms with van der Waals surface area (Å²) in [4.78, 5) is 8.86. The molecule has 0 atom stereocenters. The molecular formula is C18H24N4O. The first-order chi connectivity index (χ1) is 11.3. The van der Waals surface area contributed by atoms with Crippen molar-refractivity contribution in [3.8, 4) is 5.75 Å². The lowest BCUT2D eigenvalue weighted by Gasteiger charge is -2.13. The minimum atomic E-state index is 0.527. The fraction of sp³-hybridized carbons (Fsp3) is 0.444. The van der Waals surface area contributed by atoms with Crippen LogP contribution in [-0.4, -0.2) is 29.7 Å². The van der Waals surface area contributed by atoms with Crippen LogP contribution < -0.4 is 15.4 Å². The second-order valence-corrected chi connectivity index (χ2v) is 5.88. The van der Waals surface area contributed by atoms with Crippen LogP contribution in [0.25, 0.3) is 0 Å². The second-order valence-electron chi connectivity index (χ2n) is 5.88. The smallest absolute Gasteiger partial charge is 0.224 e. The number of ether oxygens (including phenoxy) is 1. The molecule has 5 heteroatoms. The molecule has 0 bridgehead atoms. The Bertz CT molecular complexity index is 626. The molecule has 0 unspecified atom stereocenters. The van der Waals surface area contributed by atoms with Gasteiger partial charge in [-0.2, -0.15) is 4.98 Å². The lowest BCUT2D eigenvalue weighted by atomic mass is 10.1. The summed E-state index contributed by atoms with van der Waals surface area (Å²) in [6.45, 7) is 0.806. The second kappa shape index (κ2) is 7.81. The largest absolute Gasteiger partial charge is 0.496 e. The normalized spacial score (nSPS) is 14.7. The van der Waals surface area contributed by atoms with Crippen LogP contribution in [0.4, 0.5) is 11.8 Å². The Morgan fingerprint density at radius 2 is 2.00 bits per heavy atom. The van der Waals surface area contributed by atoms with Gasteiger partial charge in [-0.05, 0) is 37.0 Å². The third-order valence-electron chi connectivity index (χ3n) is 4.24. The molecular weight excluding hydrogens is 288 g/mol. The van der Waals surface area contributed by atoms with Crippen LogP contribution in [0.2, 0.25) is 0 Å². The quantitative estimate of drug-likeness (QED) is 0.819. The lowest BCUT2D eigenvalue weighted by Crippen LogP contribution is -2.17. The number of nitrogens with one attached hydrogen (secondary N) is 2. The van der Waals surface area contributed by atoms with E-state index in [1.54, 1.807) is 13.3 Å². The van der Waals surface area contributed by atoms with E-state index in [0.29, 0.717) is 6.04 Å². The van der Waals surface area contributed by atoms with Gasteiger partial charge in [-0.1, -0.05) is 31.0 Å². The molecule has 0 radical (unpaired) electrons. The van der Waals surface area contributed by atoms with Gasteiger partial charge in [0.1, 0.15) is 11.6 Å². The monoisotopic (exact) mass is 312 g/mol. The van der Waals surface area contributed by atoms with Crippen LogP contribution in [0.1, 0.15) is 31.2 Å². The fourth-order valence-corrected chi connectivity index (χ4v) is 3.01. The summed E-state index contributed by atoms with van der Waals surface area (Å²) in [5.41, 5.74) is 1.20. The molecule has 1 saturated carbocycles. The molecule has 1 aliphatic carbocycles. The van der Waals surface area contributed by atoms with Crippen LogP contribution in [0.5, 0.6) is 5.75 Å². The number of hydrogen-bond donors (Lipinski definition) is 2. The third kappa shape index (κ3) is 4.34. The summed E-state index contributed by atoms with van der Waals surface area (Å²) in [5.74, 6) is 2.51. The van der Waals surface area contributed by atoms with E-state index in [0.717, 1.165) is 30.5 Å². The van der Waals surface area contributed by atoms with E-state index in [9.17, 15) is 0 Å². The molecule has 1 aromatic carbocycles. The predicted molar refractivity (Wildman–Crippen MR) is 93.1 cm³/mol. The van der Waals surface area contributed by atoms with E-state index in [4.69, 9.17) is 4.74 Å². The molecule has 0 saturated heterocycles. The first kappa shape index (κ1) is 15.6. The molecule has 122 valence electrons. The predicted octanol–water partition coefficient (Wildman–Crippen LogP) is 3.49. The van der Waals surface area contributed by atoms with Crippen molar-refractivity contribution >= 4 is 11.8 Å². The first-order valence-electron chi connectivity index (χ1n) is 8.30. The Balaban J connectivity index is 1.53. The Kier molecular flexibility index (Phi) is 5.29. The van der Waals surface area contributed by atoms with Crippen molar-refractivity contribution in [3.63, 3.8) is 0 Å². The van der Waals surface area contributed by atoms with Crippen molar-refractivity contribution in [1.82, 2.24) is 9.97 Å². The van der Waals surface area contributed by atoms with Gasteiger partial charge in [-0.15, -0.1) is 0 Å². The number of para-hydroxylation sites is 1. The van der Waals surface area contributed by atoms with Gasteiger partial charge in [0.25, 0.3) is 0 Å². The van der Waals surface area contributed by atoms with Crippen molar-refractivity contribution in [2.75, 3.05) is 24.3 Å². The summed E-state index contributed by atoms with van der Waals surface area (Å²) in [6, 6.07) is 10.5. The highest BCUT2D eigenvalue weighted by molar-refractivity contribution is 5.41. The molecule has 2 aromatic rings. The van der Waals surface area contributed by atoms with Crippen molar-refractivity contribution in [3.05, 3.63) is 42.1 Å². The van der Waals surface area contributed by atoms with Gasteiger partial charge < -0.3 is 15.4 Å². The first-order valence-corrected chi connectivity index (χ1v) is 8.30. The number of methoxy groups -OCH3 is 1. The zero-order chi connectivity index (χ0) is 15.9. The third-order valence-corrected chi connectivity index (χ3v) is 4.24. The van der Waals surface area contributed by atoms with Gasteiger partial charge in [-0.3, -0.25) is 0 Å². The average Bonchev–Trinajstić information content (AvgIpc) is 3.09. The Morgan fingerprint density at radius 1 is 1.17 bits per heavy atom. The molecule has 1 fully saturated rings. The highest BCUT2D eigenvalue weighted by Crippen LogP contribution is 2.21. The molecule has 0 amide bonds. The zero-order valence-corrected chi connectivity index (χ0v) is 13.6. The number of anilines is 2. The Labute approximate surface area is 137 Å². The van der Waals surface area contributed by atoms with E-state index in [1.807, 2.05) is 24.3 Å². The van der Waals surface area contributed by atoms with Crippen molar-refractivity contribution in [1.29, 1.82) is 0 Å². The SMILES string of the molecule is COc1ccccc1CCNc1ccnc(NC2CCCC2)n1. The lowest BCUT2D eigenvalue weighted by molar-refractivity contribution is 0.410. The molecule has 1 aliphatic rings. The summed E-state index contributed by atoms with van der Waals surface area (Å²) in [5, 5.41) is 6.79. The number of hydrogen-bond acceptors (Lipinski definition) is 5. The average molecular weight is 312 g/mol.